The van der Waals surface area contributed by atoms with Gasteiger partial charge in [-0.2, -0.15) is 0 Å². The number of rotatable bonds is 6. The summed E-state index contributed by atoms with van der Waals surface area (Å²) in [5, 5.41) is 12.3. The van der Waals surface area contributed by atoms with E-state index in [1.54, 1.807) is 22.9 Å². The molecule has 20 heavy (non-hydrogen) atoms. The molecule has 1 heterocycles. The summed E-state index contributed by atoms with van der Waals surface area (Å²) in [5.41, 5.74) is 7.26. The molecule has 0 saturated heterocycles. The van der Waals surface area contributed by atoms with Gasteiger partial charge in [-0.1, -0.05) is 25.4 Å². The fraction of sp³-hybridized carbons (Fsp3) is 0.462. The average Bonchev–Trinajstić information content (AvgIpc) is 2.85. The SMILES string of the molecule is CC(C)COCCn1nnnc1-c1cc(Cl)ccc1N. The van der Waals surface area contributed by atoms with Crippen LogP contribution >= 0.6 is 11.6 Å². The van der Waals surface area contributed by atoms with Gasteiger partial charge in [0, 0.05) is 22.9 Å². The van der Waals surface area contributed by atoms with Crippen LogP contribution in [0.1, 0.15) is 13.8 Å². The zero-order valence-electron chi connectivity index (χ0n) is 11.6. The number of nitrogens with two attached hydrogens (primary N) is 1. The number of nitrogen functional groups attached to an aromatic ring is 1. The molecule has 108 valence electrons. The van der Waals surface area contributed by atoms with Crippen molar-refractivity contribution < 1.29 is 4.74 Å². The molecule has 6 nitrogen and oxygen atoms in total. The fourth-order valence-corrected chi connectivity index (χ4v) is 1.91. The van der Waals surface area contributed by atoms with Gasteiger partial charge in [-0.15, -0.1) is 5.10 Å². The number of hydrogen-bond acceptors (Lipinski definition) is 5. The maximum Gasteiger partial charge on any atom is 0.184 e. The number of aromatic nitrogens is 4. The highest BCUT2D eigenvalue weighted by atomic mass is 35.5. The van der Waals surface area contributed by atoms with Crippen molar-refractivity contribution in [3.63, 3.8) is 0 Å². The van der Waals surface area contributed by atoms with Crippen LogP contribution in [0.4, 0.5) is 5.69 Å². The first-order chi connectivity index (χ1) is 9.58. The molecular formula is C13H18ClN5O. The third kappa shape index (κ3) is 3.68. The molecule has 0 aliphatic rings. The number of halogens is 1. The summed E-state index contributed by atoms with van der Waals surface area (Å²) >= 11 is 5.99. The second kappa shape index (κ2) is 6.67. The second-order valence-electron chi connectivity index (χ2n) is 4.93. The Balaban J connectivity index is 2.10. The van der Waals surface area contributed by atoms with E-state index in [1.165, 1.54) is 0 Å². The summed E-state index contributed by atoms with van der Waals surface area (Å²) in [4.78, 5) is 0. The smallest absolute Gasteiger partial charge is 0.184 e. The minimum absolute atomic E-state index is 0.506. The van der Waals surface area contributed by atoms with E-state index in [4.69, 9.17) is 22.1 Å². The monoisotopic (exact) mass is 295 g/mol. The van der Waals surface area contributed by atoms with Crippen LogP contribution in [0.15, 0.2) is 18.2 Å². The molecule has 2 rings (SSSR count). The summed E-state index contributed by atoms with van der Waals surface area (Å²) in [7, 11) is 0. The third-order valence-electron chi connectivity index (χ3n) is 2.69. The topological polar surface area (TPSA) is 78.8 Å². The lowest BCUT2D eigenvalue weighted by Crippen LogP contribution is -2.12. The molecule has 0 bridgehead atoms. The number of anilines is 1. The fourth-order valence-electron chi connectivity index (χ4n) is 1.74. The van der Waals surface area contributed by atoms with Gasteiger partial charge in [0.2, 0.25) is 0 Å². The lowest BCUT2D eigenvalue weighted by molar-refractivity contribution is 0.101. The summed E-state index contributed by atoms with van der Waals surface area (Å²) in [6, 6.07) is 5.24. The van der Waals surface area contributed by atoms with E-state index in [2.05, 4.69) is 29.4 Å². The van der Waals surface area contributed by atoms with Crippen LogP contribution in [-0.4, -0.2) is 33.4 Å². The first-order valence-electron chi connectivity index (χ1n) is 6.47. The molecule has 0 spiro atoms. The number of tetrazole rings is 1. The quantitative estimate of drug-likeness (QED) is 0.653. The standard InChI is InChI=1S/C13H18ClN5O/c1-9(2)8-20-6-5-19-13(16-17-18-19)11-7-10(14)3-4-12(11)15/h3-4,7,9H,5-6,8,15H2,1-2H3. The van der Waals surface area contributed by atoms with Gasteiger partial charge in [-0.25, -0.2) is 4.68 Å². The maximum absolute atomic E-state index is 5.99. The molecule has 0 aliphatic heterocycles. The third-order valence-corrected chi connectivity index (χ3v) is 2.92. The van der Waals surface area contributed by atoms with E-state index in [0.717, 1.165) is 12.2 Å². The van der Waals surface area contributed by atoms with Crippen molar-refractivity contribution in [2.45, 2.75) is 20.4 Å². The molecule has 1 aromatic carbocycles. The minimum Gasteiger partial charge on any atom is -0.398 e. The minimum atomic E-state index is 0.506. The summed E-state index contributed by atoms with van der Waals surface area (Å²) in [6.07, 6.45) is 0. The van der Waals surface area contributed by atoms with Gasteiger partial charge >= 0.3 is 0 Å². The van der Waals surface area contributed by atoms with Crippen LogP contribution < -0.4 is 5.73 Å². The average molecular weight is 296 g/mol. The van der Waals surface area contributed by atoms with Gasteiger partial charge in [0.1, 0.15) is 0 Å². The molecule has 0 radical (unpaired) electrons. The highest BCUT2D eigenvalue weighted by Crippen LogP contribution is 2.26. The molecule has 1 aromatic heterocycles. The molecule has 2 N–H and O–H groups in total. The van der Waals surface area contributed by atoms with Crippen LogP contribution in [0.2, 0.25) is 5.02 Å². The number of hydrogen-bond donors (Lipinski definition) is 1. The van der Waals surface area contributed by atoms with Crippen molar-refractivity contribution in [3.05, 3.63) is 23.2 Å². The highest BCUT2D eigenvalue weighted by molar-refractivity contribution is 6.31. The van der Waals surface area contributed by atoms with E-state index in [-0.39, 0.29) is 0 Å². The molecule has 0 amide bonds. The van der Waals surface area contributed by atoms with Gasteiger partial charge in [0.05, 0.1) is 13.2 Å². The van der Waals surface area contributed by atoms with Gasteiger partial charge in [-0.3, -0.25) is 0 Å². The Kier molecular flexibility index (Phi) is 4.92. The molecule has 2 aromatic rings. The predicted molar refractivity (Wildman–Crippen MR) is 78.3 cm³/mol. The Morgan fingerprint density at radius 3 is 2.95 bits per heavy atom. The van der Waals surface area contributed by atoms with Crippen LogP contribution in [0.5, 0.6) is 0 Å². The normalized spacial score (nSPS) is 11.2. The van der Waals surface area contributed by atoms with Crippen molar-refractivity contribution in [1.29, 1.82) is 0 Å². The zero-order chi connectivity index (χ0) is 14.5. The Bertz CT molecular complexity index is 570. The Morgan fingerprint density at radius 1 is 1.40 bits per heavy atom. The summed E-state index contributed by atoms with van der Waals surface area (Å²) in [5.74, 6) is 1.10. The highest BCUT2D eigenvalue weighted by Gasteiger charge is 2.12. The number of nitrogens with zero attached hydrogens (tertiary/aromatic N) is 4. The first kappa shape index (κ1) is 14.7. The van der Waals surface area contributed by atoms with E-state index in [1.807, 2.05) is 0 Å². The summed E-state index contributed by atoms with van der Waals surface area (Å²) in [6.45, 7) is 6.05. The molecular weight excluding hydrogens is 278 g/mol. The Morgan fingerprint density at radius 2 is 2.20 bits per heavy atom. The molecule has 0 fully saturated rings. The molecule has 0 unspecified atom stereocenters. The molecule has 7 heteroatoms. The van der Waals surface area contributed by atoms with Crippen molar-refractivity contribution >= 4 is 17.3 Å². The molecule has 0 aliphatic carbocycles. The predicted octanol–water partition coefficient (Wildman–Crippen LogP) is 2.25. The van der Waals surface area contributed by atoms with Crippen LogP contribution in [0.3, 0.4) is 0 Å². The summed E-state index contributed by atoms with van der Waals surface area (Å²) < 4.78 is 7.21. The Hall–Kier alpha value is -1.66. The van der Waals surface area contributed by atoms with E-state index in [0.29, 0.717) is 35.6 Å². The van der Waals surface area contributed by atoms with Crippen LogP contribution in [0.25, 0.3) is 11.4 Å². The molecule has 0 saturated carbocycles. The molecule has 0 atom stereocenters. The second-order valence-corrected chi connectivity index (χ2v) is 5.36. The van der Waals surface area contributed by atoms with Crippen molar-refractivity contribution in [3.8, 4) is 11.4 Å². The lowest BCUT2D eigenvalue weighted by Gasteiger charge is -2.09. The van der Waals surface area contributed by atoms with Gasteiger partial charge in [0.15, 0.2) is 5.82 Å². The number of benzene rings is 1. The first-order valence-corrected chi connectivity index (χ1v) is 6.85. The van der Waals surface area contributed by atoms with Gasteiger partial charge < -0.3 is 10.5 Å². The van der Waals surface area contributed by atoms with Crippen molar-refractivity contribution in [1.82, 2.24) is 20.2 Å². The van der Waals surface area contributed by atoms with E-state index >= 15 is 0 Å². The van der Waals surface area contributed by atoms with Gasteiger partial charge in [-0.05, 0) is 34.5 Å². The largest absolute Gasteiger partial charge is 0.398 e. The maximum atomic E-state index is 5.99. The van der Waals surface area contributed by atoms with Gasteiger partial charge in [0.25, 0.3) is 0 Å². The van der Waals surface area contributed by atoms with E-state index in [9.17, 15) is 0 Å². The lowest BCUT2D eigenvalue weighted by atomic mass is 10.1. The van der Waals surface area contributed by atoms with Crippen molar-refractivity contribution in [2.24, 2.45) is 5.92 Å². The van der Waals surface area contributed by atoms with E-state index < -0.39 is 0 Å². The van der Waals surface area contributed by atoms with Crippen molar-refractivity contribution in [2.75, 3.05) is 18.9 Å². The Labute approximate surface area is 122 Å². The van der Waals surface area contributed by atoms with Crippen LogP contribution in [0, 0.1) is 5.92 Å². The van der Waals surface area contributed by atoms with Crippen LogP contribution in [-0.2, 0) is 11.3 Å². The zero-order valence-corrected chi connectivity index (χ0v) is 12.3. The number of ether oxygens (including phenoxy) is 1.